The number of fused-ring (bicyclic) bond motifs is 1. The van der Waals surface area contributed by atoms with Crippen molar-refractivity contribution in [1.29, 1.82) is 0 Å². The summed E-state index contributed by atoms with van der Waals surface area (Å²) in [6, 6.07) is 0. The minimum Gasteiger partial charge on any atom is -0.385 e. The summed E-state index contributed by atoms with van der Waals surface area (Å²) in [5, 5.41) is 10.8. The molecule has 3 heteroatoms. The molecule has 0 aromatic rings. The minimum atomic E-state index is -0.972. The Morgan fingerprint density at radius 3 is 2.44 bits per heavy atom. The standard InChI is InChI=1S/C15H20O3/c1-10-4-11(7-16)12(8-17)5-15(18)9-14(2,3)6-13(10)15/h4-5,7-8,10,13,18H,6,9H2,1-3H3/t10-,13+,15+/m0/s1. The molecule has 3 nitrogen and oxygen atoms in total. The molecule has 0 saturated heterocycles. The van der Waals surface area contributed by atoms with Gasteiger partial charge in [-0.2, -0.15) is 0 Å². The Morgan fingerprint density at radius 2 is 1.89 bits per heavy atom. The van der Waals surface area contributed by atoms with Gasteiger partial charge in [0.1, 0.15) is 6.29 Å². The molecule has 0 radical (unpaired) electrons. The number of aldehydes is 2. The number of aliphatic hydroxyl groups is 1. The lowest BCUT2D eigenvalue weighted by Crippen LogP contribution is -2.34. The van der Waals surface area contributed by atoms with E-state index in [1.807, 2.05) is 13.0 Å². The van der Waals surface area contributed by atoms with Crippen molar-refractivity contribution in [3.8, 4) is 0 Å². The normalized spacial score (nSPS) is 38.2. The number of hydrogen-bond acceptors (Lipinski definition) is 3. The second-order valence-corrected chi connectivity index (χ2v) is 6.46. The van der Waals surface area contributed by atoms with Crippen molar-refractivity contribution in [1.82, 2.24) is 0 Å². The van der Waals surface area contributed by atoms with E-state index in [1.54, 1.807) is 6.08 Å². The molecule has 2 aliphatic carbocycles. The molecule has 0 aliphatic heterocycles. The summed E-state index contributed by atoms with van der Waals surface area (Å²) < 4.78 is 0. The van der Waals surface area contributed by atoms with E-state index in [1.165, 1.54) is 0 Å². The van der Waals surface area contributed by atoms with Gasteiger partial charge in [0.05, 0.1) is 5.60 Å². The summed E-state index contributed by atoms with van der Waals surface area (Å²) in [4.78, 5) is 22.1. The summed E-state index contributed by atoms with van der Waals surface area (Å²) in [5.41, 5.74) is -0.192. The summed E-state index contributed by atoms with van der Waals surface area (Å²) in [5.74, 6) is 0.158. The van der Waals surface area contributed by atoms with Gasteiger partial charge in [-0.05, 0) is 36.2 Å². The molecule has 2 aliphatic rings. The summed E-state index contributed by atoms with van der Waals surface area (Å²) >= 11 is 0. The first-order valence-corrected chi connectivity index (χ1v) is 6.39. The number of carbonyl (C=O) groups is 2. The van der Waals surface area contributed by atoms with Gasteiger partial charge in [0.15, 0.2) is 6.29 Å². The van der Waals surface area contributed by atoms with Gasteiger partial charge in [-0.15, -0.1) is 0 Å². The van der Waals surface area contributed by atoms with E-state index in [-0.39, 0.29) is 17.3 Å². The molecule has 0 aromatic carbocycles. The average Bonchev–Trinajstić information content (AvgIpc) is 2.48. The van der Waals surface area contributed by atoms with Gasteiger partial charge in [0.2, 0.25) is 0 Å². The van der Waals surface area contributed by atoms with Gasteiger partial charge >= 0.3 is 0 Å². The fourth-order valence-corrected chi connectivity index (χ4v) is 3.60. The molecule has 2 rings (SSSR count). The van der Waals surface area contributed by atoms with Crippen molar-refractivity contribution < 1.29 is 14.7 Å². The van der Waals surface area contributed by atoms with E-state index < -0.39 is 5.60 Å². The highest BCUT2D eigenvalue weighted by Gasteiger charge is 2.51. The molecule has 0 amide bonds. The van der Waals surface area contributed by atoms with Crippen LogP contribution in [0.2, 0.25) is 0 Å². The molecule has 0 unspecified atom stereocenters. The first kappa shape index (κ1) is 13.2. The molecule has 0 aromatic heterocycles. The Labute approximate surface area is 108 Å². The minimum absolute atomic E-state index is 0.0602. The first-order chi connectivity index (χ1) is 8.31. The maximum Gasteiger partial charge on any atom is 0.150 e. The molecule has 1 N–H and O–H groups in total. The molecule has 0 spiro atoms. The van der Waals surface area contributed by atoms with Crippen LogP contribution in [-0.4, -0.2) is 23.3 Å². The Bertz CT molecular complexity index is 445. The Kier molecular flexibility index (Phi) is 3.06. The third-order valence-electron chi connectivity index (χ3n) is 4.25. The summed E-state index contributed by atoms with van der Waals surface area (Å²) in [6.07, 6.45) is 6.31. The average molecular weight is 248 g/mol. The van der Waals surface area contributed by atoms with Crippen LogP contribution in [0.1, 0.15) is 33.6 Å². The van der Waals surface area contributed by atoms with Crippen LogP contribution in [0.5, 0.6) is 0 Å². The van der Waals surface area contributed by atoms with Crippen molar-refractivity contribution in [2.24, 2.45) is 17.3 Å². The highest BCUT2D eigenvalue weighted by Crippen LogP contribution is 2.52. The molecule has 98 valence electrons. The smallest absolute Gasteiger partial charge is 0.150 e. The van der Waals surface area contributed by atoms with Crippen LogP contribution in [0, 0.1) is 17.3 Å². The predicted octanol–water partition coefficient (Wildman–Crippen LogP) is 2.05. The van der Waals surface area contributed by atoms with Gasteiger partial charge in [-0.1, -0.05) is 26.8 Å². The van der Waals surface area contributed by atoms with E-state index in [9.17, 15) is 14.7 Å². The number of allylic oxidation sites excluding steroid dienone is 3. The fraction of sp³-hybridized carbons (Fsp3) is 0.600. The molecule has 3 atom stereocenters. The van der Waals surface area contributed by atoms with Crippen LogP contribution < -0.4 is 0 Å². The van der Waals surface area contributed by atoms with Crippen LogP contribution in [0.3, 0.4) is 0 Å². The number of carbonyl (C=O) groups excluding carboxylic acids is 2. The molecule has 18 heavy (non-hydrogen) atoms. The van der Waals surface area contributed by atoms with Crippen molar-refractivity contribution in [2.45, 2.75) is 39.2 Å². The largest absolute Gasteiger partial charge is 0.385 e. The van der Waals surface area contributed by atoms with Crippen molar-refractivity contribution in [2.75, 3.05) is 0 Å². The lowest BCUT2D eigenvalue weighted by Gasteiger charge is -2.29. The van der Waals surface area contributed by atoms with Gasteiger partial charge in [-0.3, -0.25) is 9.59 Å². The van der Waals surface area contributed by atoms with E-state index in [2.05, 4.69) is 13.8 Å². The Hall–Kier alpha value is -1.22. The quantitative estimate of drug-likeness (QED) is 0.761. The molecule has 0 bridgehead atoms. The molecule has 0 heterocycles. The van der Waals surface area contributed by atoms with Crippen molar-refractivity contribution >= 4 is 12.6 Å². The zero-order chi connectivity index (χ0) is 13.6. The maximum absolute atomic E-state index is 11.1. The van der Waals surface area contributed by atoms with Crippen LogP contribution >= 0.6 is 0 Å². The van der Waals surface area contributed by atoms with Crippen molar-refractivity contribution in [3.05, 3.63) is 23.3 Å². The second kappa shape index (κ2) is 4.16. The van der Waals surface area contributed by atoms with Gasteiger partial charge < -0.3 is 5.11 Å². The van der Waals surface area contributed by atoms with E-state index in [4.69, 9.17) is 0 Å². The van der Waals surface area contributed by atoms with Gasteiger partial charge in [-0.25, -0.2) is 0 Å². The van der Waals surface area contributed by atoms with Crippen LogP contribution in [0.25, 0.3) is 0 Å². The van der Waals surface area contributed by atoms with Gasteiger partial charge in [0, 0.05) is 11.1 Å². The van der Waals surface area contributed by atoms with Gasteiger partial charge in [0.25, 0.3) is 0 Å². The summed E-state index contributed by atoms with van der Waals surface area (Å²) in [6.45, 7) is 6.26. The monoisotopic (exact) mass is 248 g/mol. The highest BCUT2D eigenvalue weighted by atomic mass is 16.3. The molecule has 1 fully saturated rings. The van der Waals surface area contributed by atoms with Crippen LogP contribution in [-0.2, 0) is 9.59 Å². The molecular formula is C15H20O3. The van der Waals surface area contributed by atoms with Crippen LogP contribution in [0.4, 0.5) is 0 Å². The van der Waals surface area contributed by atoms with E-state index in [0.717, 1.165) is 6.42 Å². The SMILES string of the molecule is C[C@H]1C=C(C=O)C(C=O)=C[C@@]2(O)CC(C)(C)C[C@H]12. The third kappa shape index (κ3) is 2.07. The zero-order valence-electron chi connectivity index (χ0n) is 11.1. The number of hydrogen-bond donors (Lipinski definition) is 1. The molecular weight excluding hydrogens is 228 g/mol. The predicted molar refractivity (Wildman–Crippen MR) is 68.9 cm³/mol. The number of rotatable bonds is 2. The zero-order valence-corrected chi connectivity index (χ0v) is 11.1. The maximum atomic E-state index is 11.1. The Balaban J connectivity index is 2.51. The molecule has 1 saturated carbocycles. The lowest BCUT2D eigenvalue weighted by atomic mass is 9.82. The third-order valence-corrected chi connectivity index (χ3v) is 4.25. The topological polar surface area (TPSA) is 54.4 Å². The van der Waals surface area contributed by atoms with E-state index >= 15 is 0 Å². The summed E-state index contributed by atoms with van der Waals surface area (Å²) in [7, 11) is 0. The fourth-order valence-electron chi connectivity index (χ4n) is 3.60. The Morgan fingerprint density at radius 1 is 1.28 bits per heavy atom. The lowest BCUT2D eigenvalue weighted by molar-refractivity contribution is -0.107. The van der Waals surface area contributed by atoms with Crippen molar-refractivity contribution in [3.63, 3.8) is 0 Å². The highest BCUT2D eigenvalue weighted by molar-refractivity contribution is 5.95. The van der Waals surface area contributed by atoms with E-state index in [0.29, 0.717) is 30.1 Å². The second-order valence-electron chi connectivity index (χ2n) is 6.46. The first-order valence-electron chi connectivity index (χ1n) is 6.39. The van der Waals surface area contributed by atoms with Crippen LogP contribution in [0.15, 0.2) is 23.3 Å².